The van der Waals surface area contributed by atoms with Gasteiger partial charge in [0.15, 0.2) is 0 Å². The van der Waals surface area contributed by atoms with Crippen LogP contribution in [-0.2, 0) is 11.2 Å². The van der Waals surface area contributed by atoms with E-state index in [9.17, 15) is 17.6 Å². The van der Waals surface area contributed by atoms with Crippen LogP contribution in [0.3, 0.4) is 0 Å². The fourth-order valence-corrected chi connectivity index (χ4v) is 2.13. The molecule has 1 saturated carbocycles. The first-order valence-corrected chi connectivity index (χ1v) is 7.05. The second-order valence-electron chi connectivity index (χ2n) is 5.47. The number of hydrogen-bond acceptors (Lipinski definition) is 2. The van der Waals surface area contributed by atoms with Gasteiger partial charge in [-0.15, -0.1) is 0 Å². The Morgan fingerprint density at radius 1 is 1.24 bits per heavy atom. The van der Waals surface area contributed by atoms with Crippen LogP contribution in [-0.4, -0.2) is 32.0 Å². The molecule has 1 aromatic rings. The number of nitrogens with one attached hydrogen (secondary N) is 1. The molecule has 1 N–H and O–H groups in total. The predicted molar refractivity (Wildman–Crippen MR) is 71.5 cm³/mol. The molecule has 0 heterocycles. The van der Waals surface area contributed by atoms with Gasteiger partial charge in [-0.1, -0.05) is 18.2 Å². The molecule has 1 atom stereocenters. The van der Waals surface area contributed by atoms with Crippen molar-refractivity contribution in [3.05, 3.63) is 35.6 Å². The number of halogens is 4. The van der Waals surface area contributed by atoms with Crippen LogP contribution < -0.4 is 5.32 Å². The number of ether oxygens (including phenoxy) is 1. The van der Waals surface area contributed by atoms with Gasteiger partial charge in [0.1, 0.15) is 12.4 Å². The molecule has 0 amide bonds. The normalized spacial score (nSPS) is 17.0. The maximum atomic E-state index is 13.6. The zero-order valence-corrected chi connectivity index (χ0v) is 11.6. The highest BCUT2D eigenvalue weighted by atomic mass is 19.4. The topological polar surface area (TPSA) is 21.3 Å². The molecule has 2 nitrogen and oxygen atoms in total. The summed E-state index contributed by atoms with van der Waals surface area (Å²) in [4.78, 5) is 0. The molecule has 1 unspecified atom stereocenters. The lowest BCUT2D eigenvalue weighted by atomic mass is 9.99. The molecule has 1 aliphatic rings. The summed E-state index contributed by atoms with van der Waals surface area (Å²) in [5.74, 6) is -0.505. The van der Waals surface area contributed by atoms with Gasteiger partial charge in [-0.25, -0.2) is 4.39 Å². The van der Waals surface area contributed by atoms with E-state index < -0.39 is 12.8 Å². The van der Waals surface area contributed by atoms with E-state index >= 15 is 0 Å². The third-order valence-corrected chi connectivity index (χ3v) is 3.36. The summed E-state index contributed by atoms with van der Waals surface area (Å²) < 4.78 is 54.7. The third-order valence-electron chi connectivity index (χ3n) is 3.36. The average Bonchev–Trinajstić information content (AvgIpc) is 3.21. The summed E-state index contributed by atoms with van der Waals surface area (Å²) in [6, 6.07) is 6.79. The smallest absolute Gasteiger partial charge is 0.372 e. The van der Waals surface area contributed by atoms with E-state index in [0.29, 0.717) is 24.6 Å². The molecule has 0 aliphatic heterocycles. The average molecular weight is 305 g/mol. The van der Waals surface area contributed by atoms with Crippen LogP contribution in [0.25, 0.3) is 0 Å². The highest BCUT2D eigenvalue weighted by Crippen LogP contribution is 2.21. The zero-order valence-electron chi connectivity index (χ0n) is 11.6. The van der Waals surface area contributed by atoms with Crippen molar-refractivity contribution >= 4 is 0 Å². The fourth-order valence-electron chi connectivity index (χ4n) is 2.13. The minimum absolute atomic E-state index is 0.0342. The lowest BCUT2D eigenvalue weighted by Crippen LogP contribution is -2.30. The second-order valence-corrected chi connectivity index (χ2v) is 5.47. The highest BCUT2D eigenvalue weighted by Gasteiger charge is 2.28. The van der Waals surface area contributed by atoms with Gasteiger partial charge in [0, 0.05) is 12.6 Å². The van der Waals surface area contributed by atoms with Gasteiger partial charge in [-0.3, -0.25) is 0 Å². The first kappa shape index (κ1) is 16.2. The van der Waals surface area contributed by atoms with Gasteiger partial charge in [0.05, 0.1) is 6.61 Å². The van der Waals surface area contributed by atoms with Gasteiger partial charge in [-0.05, 0) is 36.8 Å². The maximum Gasteiger partial charge on any atom is 0.411 e. The van der Waals surface area contributed by atoms with Crippen LogP contribution in [0.5, 0.6) is 0 Å². The zero-order chi connectivity index (χ0) is 15.3. The van der Waals surface area contributed by atoms with Crippen molar-refractivity contribution in [2.24, 2.45) is 5.92 Å². The fraction of sp³-hybridized carbons (Fsp3) is 0.600. The van der Waals surface area contributed by atoms with Gasteiger partial charge in [0.2, 0.25) is 0 Å². The summed E-state index contributed by atoms with van der Waals surface area (Å²) in [7, 11) is 0. The van der Waals surface area contributed by atoms with Crippen LogP contribution in [0, 0.1) is 11.7 Å². The van der Waals surface area contributed by atoms with Gasteiger partial charge in [0.25, 0.3) is 0 Å². The number of rotatable bonds is 8. The lowest BCUT2D eigenvalue weighted by Gasteiger charge is -2.19. The van der Waals surface area contributed by atoms with E-state index in [-0.39, 0.29) is 18.3 Å². The van der Waals surface area contributed by atoms with E-state index in [1.807, 2.05) is 0 Å². The summed E-state index contributed by atoms with van der Waals surface area (Å²) in [6.07, 6.45) is -1.78. The minimum Gasteiger partial charge on any atom is -0.372 e. The quantitative estimate of drug-likeness (QED) is 0.744. The highest BCUT2D eigenvalue weighted by molar-refractivity contribution is 5.18. The van der Waals surface area contributed by atoms with Crippen LogP contribution >= 0.6 is 0 Å². The summed E-state index contributed by atoms with van der Waals surface area (Å²) in [5, 5.41) is 3.26. The van der Waals surface area contributed by atoms with Crippen molar-refractivity contribution in [2.75, 3.05) is 19.8 Å². The SMILES string of the molecule is Fc1ccccc1CC(CNC1CC1)COCC(F)(F)F. The number of alkyl halides is 3. The molecule has 1 fully saturated rings. The molecule has 0 spiro atoms. The maximum absolute atomic E-state index is 13.6. The molecule has 6 heteroatoms. The molecule has 0 radical (unpaired) electrons. The van der Waals surface area contributed by atoms with Crippen molar-refractivity contribution in [3.8, 4) is 0 Å². The molecule has 1 aliphatic carbocycles. The molecule has 0 saturated heterocycles. The minimum atomic E-state index is -4.33. The Bertz CT molecular complexity index is 446. The second kappa shape index (κ2) is 7.22. The summed E-state index contributed by atoms with van der Waals surface area (Å²) >= 11 is 0. The summed E-state index contributed by atoms with van der Waals surface area (Å²) in [5.41, 5.74) is 0.510. The molecule has 1 aromatic carbocycles. The van der Waals surface area contributed by atoms with Gasteiger partial charge >= 0.3 is 6.18 Å². The first-order valence-electron chi connectivity index (χ1n) is 7.05. The summed E-state index contributed by atoms with van der Waals surface area (Å²) in [6.45, 7) is -0.755. The molecule has 2 rings (SSSR count). The molecular formula is C15H19F4NO. The van der Waals surface area contributed by atoms with E-state index in [0.717, 1.165) is 12.8 Å². The molecule has 118 valence electrons. The Morgan fingerprint density at radius 2 is 1.95 bits per heavy atom. The van der Waals surface area contributed by atoms with Crippen molar-refractivity contribution in [1.29, 1.82) is 0 Å². The predicted octanol–water partition coefficient (Wildman–Crippen LogP) is 3.32. The van der Waals surface area contributed by atoms with Gasteiger partial charge < -0.3 is 10.1 Å². The lowest BCUT2D eigenvalue weighted by molar-refractivity contribution is -0.176. The van der Waals surface area contributed by atoms with E-state index in [2.05, 4.69) is 5.32 Å². The van der Waals surface area contributed by atoms with Crippen molar-refractivity contribution < 1.29 is 22.3 Å². The Morgan fingerprint density at radius 3 is 2.57 bits per heavy atom. The standard InChI is InChI=1S/C15H19F4NO/c16-14-4-2-1-3-12(14)7-11(8-20-13-5-6-13)9-21-10-15(17,18)19/h1-4,11,13,20H,5-10H2. The van der Waals surface area contributed by atoms with Crippen LogP contribution in [0.1, 0.15) is 18.4 Å². The Hall–Kier alpha value is -1.14. The van der Waals surface area contributed by atoms with Crippen LogP contribution in [0.4, 0.5) is 17.6 Å². The van der Waals surface area contributed by atoms with E-state index in [1.54, 1.807) is 18.2 Å². The van der Waals surface area contributed by atoms with E-state index in [4.69, 9.17) is 4.74 Å². The van der Waals surface area contributed by atoms with Crippen LogP contribution in [0.15, 0.2) is 24.3 Å². The monoisotopic (exact) mass is 305 g/mol. The Balaban J connectivity index is 1.86. The first-order chi connectivity index (χ1) is 9.94. The Kier molecular flexibility index (Phi) is 5.58. The van der Waals surface area contributed by atoms with Crippen molar-refractivity contribution in [2.45, 2.75) is 31.5 Å². The molecule has 0 aromatic heterocycles. The molecular weight excluding hydrogens is 286 g/mol. The molecule has 0 bridgehead atoms. The molecule has 21 heavy (non-hydrogen) atoms. The van der Waals surface area contributed by atoms with Crippen molar-refractivity contribution in [1.82, 2.24) is 5.32 Å². The van der Waals surface area contributed by atoms with Gasteiger partial charge in [-0.2, -0.15) is 13.2 Å². The largest absolute Gasteiger partial charge is 0.411 e. The number of benzene rings is 1. The van der Waals surface area contributed by atoms with Crippen molar-refractivity contribution in [3.63, 3.8) is 0 Å². The number of hydrogen-bond donors (Lipinski definition) is 1. The third kappa shape index (κ3) is 6.44. The van der Waals surface area contributed by atoms with E-state index in [1.165, 1.54) is 6.07 Å². The van der Waals surface area contributed by atoms with Crippen LogP contribution in [0.2, 0.25) is 0 Å². The Labute approximate surface area is 121 Å².